The van der Waals surface area contributed by atoms with Gasteiger partial charge in [-0.15, -0.1) is 23.1 Å². The van der Waals surface area contributed by atoms with Gasteiger partial charge in [0.1, 0.15) is 0 Å². The lowest BCUT2D eigenvalue weighted by atomic mass is 10.0. The van der Waals surface area contributed by atoms with E-state index in [-0.39, 0.29) is 5.91 Å². The van der Waals surface area contributed by atoms with Crippen molar-refractivity contribution in [3.63, 3.8) is 0 Å². The predicted octanol–water partition coefficient (Wildman–Crippen LogP) is 4.52. The number of carbonyl (C=O) groups is 1. The van der Waals surface area contributed by atoms with Crippen LogP contribution in [0.1, 0.15) is 23.4 Å². The molecule has 1 heterocycles. The van der Waals surface area contributed by atoms with Crippen molar-refractivity contribution in [2.24, 2.45) is 0 Å². The number of thiazole rings is 1. The van der Waals surface area contributed by atoms with Crippen LogP contribution in [0.3, 0.4) is 0 Å². The van der Waals surface area contributed by atoms with Gasteiger partial charge in [0.2, 0.25) is 5.91 Å². The molecule has 1 N–H and O–H groups in total. The van der Waals surface area contributed by atoms with Crippen molar-refractivity contribution in [3.05, 3.63) is 39.3 Å². The van der Waals surface area contributed by atoms with Gasteiger partial charge in [-0.25, -0.2) is 4.98 Å². The zero-order valence-electron chi connectivity index (χ0n) is 11.4. The highest BCUT2D eigenvalue weighted by molar-refractivity contribution is 9.10. The number of nitrogens with one attached hydrogen (secondary N) is 1. The summed E-state index contributed by atoms with van der Waals surface area (Å²) in [5.74, 6) is 0.417. The van der Waals surface area contributed by atoms with Gasteiger partial charge >= 0.3 is 0 Å². The molecule has 3 nitrogen and oxygen atoms in total. The van der Waals surface area contributed by atoms with E-state index in [1.54, 1.807) is 11.3 Å². The molecule has 110 valence electrons. The van der Waals surface area contributed by atoms with Crippen LogP contribution in [0.5, 0.6) is 0 Å². The number of carbonyl (C=O) groups excluding carboxylic acids is 1. The Balaban J connectivity index is 1.54. The number of halogens is 1. The number of amides is 1. The number of fused-ring (bicyclic) bond motifs is 1. The average Bonchev–Trinajstić information content (AvgIpc) is 2.88. The molecular formula is C15H15BrN2OS2. The van der Waals surface area contributed by atoms with Crippen LogP contribution in [0.15, 0.2) is 33.6 Å². The Bertz CT molecular complexity index is 616. The monoisotopic (exact) mass is 382 g/mol. The van der Waals surface area contributed by atoms with Crippen molar-refractivity contribution in [3.8, 4) is 0 Å². The van der Waals surface area contributed by atoms with Crippen molar-refractivity contribution in [1.82, 2.24) is 4.98 Å². The minimum atomic E-state index is 0.00835. The predicted molar refractivity (Wildman–Crippen MR) is 92.3 cm³/mol. The summed E-state index contributed by atoms with van der Waals surface area (Å²) in [6, 6.07) is 7.97. The second kappa shape index (κ2) is 6.94. The molecule has 1 aromatic heterocycles. The minimum absolute atomic E-state index is 0.00835. The van der Waals surface area contributed by atoms with Crippen molar-refractivity contribution >= 4 is 50.1 Å². The number of anilines is 1. The Labute approximate surface area is 140 Å². The van der Waals surface area contributed by atoms with E-state index in [1.165, 1.54) is 35.2 Å². The highest BCUT2D eigenvalue weighted by Crippen LogP contribution is 2.29. The molecule has 21 heavy (non-hydrogen) atoms. The lowest BCUT2D eigenvalue weighted by Gasteiger charge is -2.06. The Morgan fingerprint density at radius 3 is 2.81 bits per heavy atom. The summed E-state index contributed by atoms with van der Waals surface area (Å²) in [6.45, 7) is 0. The second-order valence-corrected chi connectivity index (χ2v) is 7.93. The molecule has 0 unspecified atom stereocenters. The average molecular weight is 383 g/mol. The number of benzene rings is 1. The standard InChI is InChI=1S/C15H15BrN2OS2/c16-10-5-7-11(8-6-10)20-9-14(19)18-15-17-12-3-1-2-4-13(12)21-15/h5-8H,1-4,9H2,(H,17,18,19). The van der Waals surface area contributed by atoms with Gasteiger partial charge in [0, 0.05) is 14.2 Å². The van der Waals surface area contributed by atoms with E-state index >= 15 is 0 Å². The molecule has 0 saturated heterocycles. The van der Waals surface area contributed by atoms with Gasteiger partial charge in [0.05, 0.1) is 11.4 Å². The van der Waals surface area contributed by atoms with Crippen molar-refractivity contribution < 1.29 is 4.79 Å². The fraction of sp³-hybridized carbons (Fsp3) is 0.333. The second-order valence-electron chi connectivity index (χ2n) is 4.89. The number of nitrogens with zero attached hydrogens (tertiary/aromatic N) is 1. The first-order valence-corrected chi connectivity index (χ1v) is 9.47. The van der Waals surface area contributed by atoms with Gasteiger partial charge in [0.25, 0.3) is 0 Å². The van der Waals surface area contributed by atoms with E-state index in [0.29, 0.717) is 5.75 Å². The van der Waals surface area contributed by atoms with Gasteiger partial charge in [-0.3, -0.25) is 4.79 Å². The third-order valence-corrected chi connectivity index (χ3v) is 5.89. The summed E-state index contributed by atoms with van der Waals surface area (Å²) in [4.78, 5) is 19.0. The molecule has 1 aromatic carbocycles. The van der Waals surface area contributed by atoms with E-state index in [1.807, 2.05) is 24.3 Å². The number of aromatic nitrogens is 1. The van der Waals surface area contributed by atoms with E-state index in [2.05, 4.69) is 26.2 Å². The summed E-state index contributed by atoms with van der Waals surface area (Å²) < 4.78 is 1.05. The maximum Gasteiger partial charge on any atom is 0.236 e. The van der Waals surface area contributed by atoms with Crippen molar-refractivity contribution in [2.75, 3.05) is 11.1 Å². The molecule has 0 saturated carbocycles. The first-order chi connectivity index (χ1) is 10.2. The minimum Gasteiger partial charge on any atom is -0.301 e. The summed E-state index contributed by atoms with van der Waals surface area (Å²) in [6.07, 6.45) is 4.61. The van der Waals surface area contributed by atoms with Crippen LogP contribution in [0, 0.1) is 0 Å². The number of hydrogen-bond donors (Lipinski definition) is 1. The molecule has 0 spiro atoms. The smallest absolute Gasteiger partial charge is 0.236 e. The molecule has 0 bridgehead atoms. The largest absolute Gasteiger partial charge is 0.301 e. The van der Waals surface area contributed by atoms with Crippen LogP contribution < -0.4 is 5.32 Å². The molecule has 0 aliphatic heterocycles. The topological polar surface area (TPSA) is 42.0 Å². The number of aryl methyl sites for hydroxylation is 2. The van der Waals surface area contributed by atoms with Gasteiger partial charge in [0.15, 0.2) is 5.13 Å². The van der Waals surface area contributed by atoms with Crippen molar-refractivity contribution in [1.29, 1.82) is 0 Å². The molecule has 0 radical (unpaired) electrons. The van der Waals surface area contributed by atoms with Crippen LogP contribution in [0.4, 0.5) is 5.13 Å². The molecular weight excluding hydrogens is 368 g/mol. The number of hydrogen-bond acceptors (Lipinski definition) is 4. The fourth-order valence-electron chi connectivity index (χ4n) is 2.24. The van der Waals surface area contributed by atoms with Crippen molar-refractivity contribution in [2.45, 2.75) is 30.6 Å². The van der Waals surface area contributed by atoms with Gasteiger partial charge in [-0.05, 0) is 49.9 Å². The summed E-state index contributed by atoms with van der Waals surface area (Å²) in [5, 5.41) is 3.67. The van der Waals surface area contributed by atoms with Crippen LogP contribution in [-0.4, -0.2) is 16.6 Å². The molecule has 0 fully saturated rings. The number of rotatable bonds is 4. The van der Waals surface area contributed by atoms with Crippen LogP contribution in [-0.2, 0) is 17.6 Å². The molecule has 6 heteroatoms. The lowest BCUT2D eigenvalue weighted by molar-refractivity contribution is -0.113. The highest BCUT2D eigenvalue weighted by atomic mass is 79.9. The zero-order chi connectivity index (χ0) is 14.7. The first-order valence-electron chi connectivity index (χ1n) is 6.87. The van der Waals surface area contributed by atoms with E-state index in [0.717, 1.165) is 27.3 Å². The zero-order valence-corrected chi connectivity index (χ0v) is 14.6. The molecule has 3 rings (SSSR count). The summed E-state index contributed by atoms with van der Waals surface area (Å²) in [7, 11) is 0. The van der Waals surface area contributed by atoms with Gasteiger partial charge in [-0.1, -0.05) is 15.9 Å². The third-order valence-electron chi connectivity index (χ3n) is 3.28. The van der Waals surface area contributed by atoms with E-state index in [9.17, 15) is 4.79 Å². The van der Waals surface area contributed by atoms with Gasteiger partial charge in [-0.2, -0.15) is 0 Å². The number of thioether (sulfide) groups is 1. The van der Waals surface area contributed by atoms with Crippen LogP contribution >= 0.6 is 39.0 Å². The quantitative estimate of drug-likeness (QED) is 0.790. The molecule has 2 aromatic rings. The molecule has 1 aliphatic carbocycles. The summed E-state index contributed by atoms with van der Waals surface area (Å²) >= 11 is 6.57. The van der Waals surface area contributed by atoms with Gasteiger partial charge < -0.3 is 5.32 Å². The maximum absolute atomic E-state index is 12.0. The molecule has 1 aliphatic rings. The third kappa shape index (κ3) is 4.08. The SMILES string of the molecule is O=C(CSc1ccc(Br)cc1)Nc1nc2c(s1)CCCC2. The Morgan fingerprint density at radius 2 is 2.05 bits per heavy atom. The normalized spacial score (nSPS) is 13.8. The molecule has 1 amide bonds. The van der Waals surface area contributed by atoms with E-state index < -0.39 is 0 Å². The Morgan fingerprint density at radius 1 is 1.29 bits per heavy atom. The maximum atomic E-state index is 12.0. The van der Waals surface area contributed by atoms with E-state index in [4.69, 9.17) is 0 Å². The Kier molecular flexibility index (Phi) is 4.98. The lowest BCUT2D eigenvalue weighted by Crippen LogP contribution is -2.13. The van der Waals surface area contributed by atoms with Crippen LogP contribution in [0.2, 0.25) is 0 Å². The Hall–Kier alpha value is -0.850. The fourth-order valence-corrected chi connectivity index (χ4v) is 4.27. The highest BCUT2D eigenvalue weighted by Gasteiger charge is 2.16. The molecule has 0 atom stereocenters. The van der Waals surface area contributed by atoms with Crippen LogP contribution in [0.25, 0.3) is 0 Å². The first kappa shape index (κ1) is 15.1. The summed E-state index contributed by atoms with van der Waals surface area (Å²) in [5.41, 5.74) is 1.18.